The van der Waals surface area contributed by atoms with Gasteiger partial charge in [-0.2, -0.15) is 0 Å². The van der Waals surface area contributed by atoms with E-state index in [1.165, 1.54) is 12.1 Å². The second-order valence-corrected chi connectivity index (χ2v) is 4.62. The predicted molar refractivity (Wildman–Crippen MR) is 71.7 cm³/mol. The van der Waals surface area contributed by atoms with Crippen molar-refractivity contribution >= 4 is 0 Å². The molecule has 5 heteroatoms. The first kappa shape index (κ1) is 16.7. The fraction of sp³-hybridized carbons (Fsp3) is 0.400. The molecule has 2 aromatic rings. The Bertz CT molecular complexity index is 569. The Morgan fingerprint density at radius 1 is 1.35 bits per heavy atom. The molecule has 0 saturated carbocycles. The Kier molecular flexibility index (Phi) is 6.20. The van der Waals surface area contributed by atoms with E-state index in [1.54, 1.807) is 13.2 Å². The van der Waals surface area contributed by atoms with Crippen LogP contribution in [-0.2, 0) is 13.1 Å². The number of rotatable bonds is 5. The van der Waals surface area contributed by atoms with Crippen LogP contribution in [0.4, 0.5) is 4.39 Å². The largest absolute Gasteiger partial charge is 1.00 e. The van der Waals surface area contributed by atoms with E-state index in [4.69, 9.17) is 4.74 Å². The van der Waals surface area contributed by atoms with Crippen molar-refractivity contribution in [1.82, 2.24) is 4.57 Å². The summed E-state index contributed by atoms with van der Waals surface area (Å²) >= 11 is 0. The standard InChI is InChI=1S/C15H20FN2O.BrH/c1-4-7-17-8-9-18(12(17)2)11-13-10-14(16)5-6-15(13)19-3;/h5-6,8-10H,4,7,11H2,1-3H3;1H/q+1;/p-1. The van der Waals surface area contributed by atoms with E-state index in [2.05, 4.69) is 29.2 Å². The maximum absolute atomic E-state index is 13.3. The van der Waals surface area contributed by atoms with Crippen molar-refractivity contribution in [3.8, 4) is 5.75 Å². The minimum Gasteiger partial charge on any atom is -1.00 e. The van der Waals surface area contributed by atoms with Crippen LogP contribution in [0.25, 0.3) is 0 Å². The number of hydrogen-bond acceptors (Lipinski definition) is 1. The third kappa shape index (κ3) is 3.60. The minimum atomic E-state index is -0.234. The lowest BCUT2D eigenvalue weighted by Crippen LogP contribution is -3.00. The maximum Gasteiger partial charge on any atom is 0.253 e. The zero-order chi connectivity index (χ0) is 13.8. The van der Waals surface area contributed by atoms with Gasteiger partial charge in [0.05, 0.1) is 13.7 Å². The molecule has 0 bridgehead atoms. The van der Waals surface area contributed by atoms with Crippen LogP contribution in [0.2, 0.25) is 0 Å². The molecule has 110 valence electrons. The fourth-order valence-electron chi connectivity index (χ4n) is 2.24. The Balaban J connectivity index is 0.00000200. The summed E-state index contributed by atoms with van der Waals surface area (Å²) < 4.78 is 22.9. The van der Waals surface area contributed by atoms with Crippen molar-refractivity contribution in [3.05, 3.63) is 47.8 Å². The van der Waals surface area contributed by atoms with Gasteiger partial charge in [-0.15, -0.1) is 0 Å². The summed E-state index contributed by atoms with van der Waals surface area (Å²) in [6.45, 7) is 5.84. The molecule has 3 nitrogen and oxygen atoms in total. The van der Waals surface area contributed by atoms with Crippen molar-refractivity contribution in [3.63, 3.8) is 0 Å². The molecule has 0 aliphatic carbocycles. The molecule has 0 unspecified atom stereocenters. The van der Waals surface area contributed by atoms with Gasteiger partial charge in [-0.05, 0) is 24.6 Å². The number of imidazole rings is 1. The van der Waals surface area contributed by atoms with Gasteiger partial charge >= 0.3 is 0 Å². The van der Waals surface area contributed by atoms with Crippen LogP contribution < -0.4 is 26.3 Å². The Hall–Kier alpha value is -1.36. The topological polar surface area (TPSA) is 18.0 Å². The molecule has 1 heterocycles. The Morgan fingerprint density at radius 3 is 2.75 bits per heavy atom. The summed E-state index contributed by atoms with van der Waals surface area (Å²) in [5, 5.41) is 0. The SMILES string of the molecule is CCCn1cc[n+](Cc2cc(F)ccc2OC)c1C.[Br-]. The smallest absolute Gasteiger partial charge is 0.253 e. The van der Waals surface area contributed by atoms with Crippen molar-refractivity contribution in [2.45, 2.75) is 33.4 Å². The van der Waals surface area contributed by atoms with Gasteiger partial charge in [0, 0.05) is 12.5 Å². The molecule has 0 aliphatic heterocycles. The van der Waals surface area contributed by atoms with Crippen molar-refractivity contribution in [2.24, 2.45) is 0 Å². The van der Waals surface area contributed by atoms with Gasteiger partial charge in [-0.3, -0.25) is 0 Å². The monoisotopic (exact) mass is 342 g/mol. The molecule has 0 radical (unpaired) electrons. The number of aromatic nitrogens is 2. The van der Waals surface area contributed by atoms with E-state index >= 15 is 0 Å². The van der Waals surface area contributed by atoms with Crippen molar-refractivity contribution in [1.29, 1.82) is 0 Å². The van der Waals surface area contributed by atoms with E-state index in [0.29, 0.717) is 6.54 Å². The summed E-state index contributed by atoms with van der Waals surface area (Å²) in [4.78, 5) is 0. The van der Waals surface area contributed by atoms with Gasteiger partial charge in [0.25, 0.3) is 5.82 Å². The molecule has 0 spiro atoms. The Morgan fingerprint density at radius 2 is 2.10 bits per heavy atom. The number of methoxy groups -OCH3 is 1. The van der Waals surface area contributed by atoms with Crippen LogP contribution in [0, 0.1) is 12.7 Å². The van der Waals surface area contributed by atoms with Crippen LogP contribution in [0.5, 0.6) is 5.75 Å². The molecule has 20 heavy (non-hydrogen) atoms. The number of halogens is 2. The van der Waals surface area contributed by atoms with Gasteiger partial charge < -0.3 is 21.7 Å². The molecule has 0 saturated heterocycles. The number of hydrogen-bond donors (Lipinski definition) is 0. The second kappa shape index (κ2) is 7.43. The van der Waals surface area contributed by atoms with Crippen molar-refractivity contribution in [2.75, 3.05) is 7.11 Å². The quantitative estimate of drug-likeness (QED) is 0.682. The van der Waals surface area contributed by atoms with Crippen LogP contribution in [0.15, 0.2) is 30.6 Å². The summed E-state index contributed by atoms with van der Waals surface area (Å²) in [5.41, 5.74) is 0.852. The summed E-state index contributed by atoms with van der Waals surface area (Å²) in [6.07, 6.45) is 5.18. The normalized spacial score (nSPS) is 10.2. The zero-order valence-corrected chi connectivity index (χ0v) is 13.7. The lowest BCUT2D eigenvalue weighted by molar-refractivity contribution is -0.694. The van der Waals surface area contributed by atoms with Crippen LogP contribution in [-0.4, -0.2) is 11.7 Å². The zero-order valence-electron chi connectivity index (χ0n) is 12.1. The summed E-state index contributed by atoms with van der Waals surface area (Å²) in [5.74, 6) is 1.65. The second-order valence-electron chi connectivity index (χ2n) is 4.62. The van der Waals surface area contributed by atoms with Gasteiger partial charge in [-0.25, -0.2) is 13.5 Å². The molecule has 2 rings (SSSR count). The highest BCUT2D eigenvalue weighted by atomic mass is 79.9. The highest BCUT2D eigenvalue weighted by Gasteiger charge is 2.14. The fourth-order valence-corrected chi connectivity index (χ4v) is 2.24. The molecule has 0 fully saturated rings. The molecule has 0 atom stereocenters. The van der Waals surface area contributed by atoms with Crippen LogP contribution in [0.3, 0.4) is 0 Å². The maximum atomic E-state index is 13.3. The average Bonchev–Trinajstić information content (AvgIpc) is 2.73. The van der Waals surface area contributed by atoms with Gasteiger partial charge in [0.1, 0.15) is 30.5 Å². The first-order chi connectivity index (χ1) is 9.15. The van der Waals surface area contributed by atoms with Crippen LogP contribution in [0.1, 0.15) is 24.7 Å². The lowest BCUT2D eigenvalue weighted by Gasteiger charge is -2.07. The first-order valence-electron chi connectivity index (χ1n) is 6.53. The molecule has 1 aromatic heterocycles. The van der Waals surface area contributed by atoms with E-state index in [9.17, 15) is 4.39 Å². The molecule has 0 aliphatic rings. The number of nitrogens with zero attached hydrogens (tertiary/aromatic N) is 2. The molecule has 0 N–H and O–H groups in total. The first-order valence-corrected chi connectivity index (χ1v) is 6.53. The van der Waals surface area contributed by atoms with Gasteiger partial charge in [0.15, 0.2) is 0 Å². The van der Waals surface area contributed by atoms with Gasteiger partial charge in [-0.1, -0.05) is 6.92 Å². The van der Waals surface area contributed by atoms with Gasteiger partial charge in [0.2, 0.25) is 0 Å². The third-order valence-corrected chi connectivity index (χ3v) is 3.31. The highest BCUT2D eigenvalue weighted by molar-refractivity contribution is 5.33. The number of ether oxygens (including phenoxy) is 1. The lowest BCUT2D eigenvalue weighted by atomic mass is 10.2. The van der Waals surface area contributed by atoms with E-state index in [1.807, 2.05) is 6.20 Å². The van der Waals surface area contributed by atoms with Crippen LogP contribution >= 0.6 is 0 Å². The Labute approximate surface area is 129 Å². The average molecular weight is 343 g/mol. The summed E-state index contributed by atoms with van der Waals surface area (Å²) in [6, 6.07) is 4.62. The van der Waals surface area contributed by atoms with Crippen molar-refractivity contribution < 1.29 is 30.7 Å². The molecular weight excluding hydrogens is 323 g/mol. The van der Waals surface area contributed by atoms with E-state index < -0.39 is 0 Å². The highest BCUT2D eigenvalue weighted by Crippen LogP contribution is 2.19. The number of benzene rings is 1. The summed E-state index contributed by atoms with van der Waals surface area (Å²) in [7, 11) is 1.61. The molecular formula is C15H20BrFN2O. The predicted octanol–water partition coefficient (Wildman–Crippen LogP) is -0.306. The number of aryl methyl sites for hydroxylation is 1. The van der Waals surface area contributed by atoms with E-state index in [0.717, 1.165) is 30.1 Å². The minimum absolute atomic E-state index is 0. The molecule has 1 aromatic carbocycles. The third-order valence-electron chi connectivity index (χ3n) is 3.31. The van der Waals surface area contributed by atoms with E-state index in [-0.39, 0.29) is 22.8 Å². The molecule has 0 amide bonds.